The summed E-state index contributed by atoms with van der Waals surface area (Å²) >= 11 is 0. The Bertz CT molecular complexity index is 448. The average Bonchev–Trinajstić information content (AvgIpc) is 2.84. The summed E-state index contributed by atoms with van der Waals surface area (Å²) in [5.74, 6) is -0.0588. The first-order valence-electron chi connectivity index (χ1n) is 8.13. The van der Waals surface area contributed by atoms with E-state index in [2.05, 4.69) is 15.5 Å². The van der Waals surface area contributed by atoms with Gasteiger partial charge in [0, 0.05) is 18.8 Å². The average molecular weight is 309 g/mol. The van der Waals surface area contributed by atoms with Gasteiger partial charge in [-0.1, -0.05) is 0 Å². The quantitative estimate of drug-likeness (QED) is 0.716. The maximum absolute atomic E-state index is 11.7. The summed E-state index contributed by atoms with van der Waals surface area (Å²) in [7, 11) is 0. The number of rotatable bonds is 8. The summed E-state index contributed by atoms with van der Waals surface area (Å²) in [5.41, 5.74) is 3.40. The third kappa shape index (κ3) is 5.42. The molecule has 1 atom stereocenters. The molecular weight excluding hydrogens is 282 g/mol. The number of nitrogens with one attached hydrogen (secondary N) is 2. The van der Waals surface area contributed by atoms with Gasteiger partial charge in [-0.05, 0) is 51.5 Å². The summed E-state index contributed by atoms with van der Waals surface area (Å²) in [4.78, 5) is 11.7. The van der Waals surface area contributed by atoms with Crippen molar-refractivity contribution in [1.29, 1.82) is 0 Å². The second-order valence-electron chi connectivity index (χ2n) is 5.87. The summed E-state index contributed by atoms with van der Waals surface area (Å²) in [5, 5.41) is 10.0. The summed E-state index contributed by atoms with van der Waals surface area (Å²) in [6.07, 6.45) is 5.34. The van der Waals surface area contributed by atoms with Crippen LogP contribution in [0.2, 0.25) is 0 Å². The minimum absolute atomic E-state index is 0.0588. The monoisotopic (exact) mass is 309 g/mol. The van der Waals surface area contributed by atoms with Gasteiger partial charge in [-0.2, -0.15) is 5.10 Å². The van der Waals surface area contributed by atoms with Gasteiger partial charge in [-0.25, -0.2) is 0 Å². The van der Waals surface area contributed by atoms with Crippen molar-refractivity contribution in [2.75, 3.05) is 26.4 Å². The molecule has 0 bridgehead atoms. The third-order valence-electron chi connectivity index (χ3n) is 4.02. The fraction of sp³-hybridized carbons (Fsp3) is 0.750. The lowest BCUT2D eigenvalue weighted by Gasteiger charge is -2.22. The molecule has 1 aromatic heterocycles. The normalized spacial score (nSPS) is 18.4. The molecule has 6 heteroatoms. The molecule has 124 valence electrons. The van der Waals surface area contributed by atoms with Crippen LogP contribution in [0, 0.1) is 13.8 Å². The van der Waals surface area contributed by atoms with E-state index in [1.165, 1.54) is 12.0 Å². The molecule has 0 aliphatic carbocycles. The van der Waals surface area contributed by atoms with Crippen molar-refractivity contribution >= 4 is 5.91 Å². The van der Waals surface area contributed by atoms with Gasteiger partial charge in [0.1, 0.15) is 6.61 Å². The van der Waals surface area contributed by atoms with Gasteiger partial charge < -0.3 is 14.8 Å². The van der Waals surface area contributed by atoms with E-state index in [0.717, 1.165) is 43.7 Å². The van der Waals surface area contributed by atoms with E-state index in [0.29, 0.717) is 13.2 Å². The van der Waals surface area contributed by atoms with Crippen LogP contribution in [0.5, 0.6) is 0 Å². The number of aromatic nitrogens is 2. The molecule has 0 aromatic carbocycles. The van der Waals surface area contributed by atoms with Gasteiger partial charge in [0.2, 0.25) is 5.91 Å². The molecule has 0 spiro atoms. The Hall–Kier alpha value is -1.40. The van der Waals surface area contributed by atoms with Crippen molar-refractivity contribution < 1.29 is 14.3 Å². The van der Waals surface area contributed by atoms with Crippen LogP contribution < -0.4 is 5.32 Å². The number of nitrogens with zero attached hydrogens (tertiary/aromatic N) is 1. The van der Waals surface area contributed by atoms with Gasteiger partial charge in [-0.15, -0.1) is 0 Å². The maximum Gasteiger partial charge on any atom is 0.245 e. The van der Waals surface area contributed by atoms with Crippen LogP contribution in [-0.4, -0.2) is 48.6 Å². The molecule has 2 rings (SSSR count). The molecule has 1 amide bonds. The number of aromatic amines is 1. The smallest absolute Gasteiger partial charge is 0.245 e. The molecule has 0 saturated carbocycles. The lowest BCUT2D eigenvalue weighted by Crippen LogP contribution is -2.31. The van der Waals surface area contributed by atoms with Crippen LogP contribution in [0.15, 0.2) is 0 Å². The first-order chi connectivity index (χ1) is 10.7. The number of ether oxygens (including phenoxy) is 2. The van der Waals surface area contributed by atoms with Crippen molar-refractivity contribution in [3.63, 3.8) is 0 Å². The third-order valence-corrected chi connectivity index (χ3v) is 4.02. The molecular formula is C16H27N3O3. The fourth-order valence-electron chi connectivity index (χ4n) is 2.71. The topological polar surface area (TPSA) is 76.2 Å². The van der Waals surface area contributed by atoms with Crippen LogP contribution in [-0.2, 0) is 20.7 Å². The van der Waals surface area contributed by atoms with E-state index in [4.69, 9.17) is 9.47 Å². The SMILES string of the molecule is Cc1n[nH]c(C)c1CCCNC(=O)COCC1CCCCO1. The zero-order chi connectivity index (χ0) is 15.8. The van der Waals surface area contributed by atoms with Crippen LogP contribution in [0.25, 0.3) is 0 Å². The Balaban J connectivity index is 1.52. The Morgan fingerprint density at radius 3 is 3.00 bits per heavy atom. The van der Waals surface area contributed by atoms with Crippen molar-refractivity contribution in [2.24, 2.45) is 0 Å². The number of hydrogen-bond donors (Lipinski definition) is 2. The minimum Gasteiger partial charge on any atom is -0.376 e. The van der Waals surface area contributed by atoms with Crippen molar-refractivity contribution in [2.45, 2.75) is 52.1 Å². The lowest BCUT2D eigenvalue weighted by atomic mass is 10.1. The van der Waals surface area contributed by atoms with Gasteiger partial charge in [0.05, 0.1) is 18.4 Å². The Kier molecular flexibility index (Phi) is 6.86. The van der Waals surface area contributed by atoms with E-state index in [1.54, 1.807) is 0 Å². The standard InChI is InChI=1S/C16H27N3O3/c1-12-15(13(2)19-18-12)7-5-8-17-16(20)11-21-10-14-6-3-4-9-22-14/h14H,3-11H2,1-2H3,(H,17,20)(H,18,19). The number of hydrogen-bond acceptors (Lipinski definition) is 4. The van der Waals surface area contributed by atoms with E-state index in [-0.39, 0.29) is 18.6 Å². The van der Waals surface area contributed by atoms with Gasteiger partial charge in [0.25, 0.3) is 0 Å². The van der Waals surface area contributed by atoms with Crippen LogP contribution in [0.1, 0.15) is 42.6 Å². The van der Waals surface area contributed by atoms with E-state index in [9.17, 15) is 4.79 Å². The minimum atomic E-state index is -0.0588. The predicted octanol–water partition coefficient (Wildman–Crippen LogP) is 1.66. The highest BCUT2D eigenvalue weighted by Gasteiger charge is 2.14. The van der Waals surface area contributed by atoms with Gasteiger partial charge in [-0.3, -0.25) is 9.89 Å². The lowest BCUT2D eigenvalue weighted by molar-refractivity contribution is -0.127. The molecule has 1 aliphatic rings. The number of aryl methyl sites for hydroxylation is 2. The highest BCUT2D eigenvalue weighted by molar-refractivity contribution is 5.77. The molecule has 1 aromatic rings. The van der Waals surface area contributed by atoms with Crippen LogP contribution >= 0.6 is 0 Å². The predicted molar refractivity (Wildman–Crippen MR) is 83.8 cm³/mol. The van der Waals surface area contributed by atoms with Crippen molar-refractivity contribution in [3.8, 4) is 0 Å². The largest absolute Gasteiger partial charge is 0.376 e. The highest BCUT2D eigenvalue weighted by Crippen LogP contribution is 2.13. The Labute approximate surface area is 132 Å². The second kappa shape index (κ2) is 8.90. The second-order valence-corrected chi connectivity index (χ2v) is 5.87. The molecule has 0 radical (unpaired) electrons. The van der Waals surface area contributed by atoms with Crippen LogP contribution in [0.3, 0.4) is 0 Å². The molecule has 1 aliphatic heterocycles. The Morgan fingerprint density at radius 2 is 2.32 bits per heavy atom. The summed E-state index contributed by atoms with van der Waals surface area (Å²) in [6.45, 7) is 6.12. The first kappa shape index (κ1) is 17.0. The molecule has 6 nitrogen and oxygen atoms in total. The number of H-pyrrole nitrogens is 1. The number of amides is 1. The zero-order valence-electron chi connectivity index (χ0n) is 13.6. The Morgan fingerprint density at radius 1 is 1.45 bits per heavy atom. The first-order valence-corrected chi connectivity index (χ1v) is 8.13. The van der Waals surface area contributed by atoms with Crippen molar-refractivity contribution in [3.05, 3.63) is 17.0 Å². The molecule has 2 heterocycles. The summed E-state index contributed by atoms with van der Waals surface area (Å²) < 4.78 is 11.0. The molecule has 1 saturated heterocycles. The van der Waals surface area contributed by atoms with E-state index >= 15 is 0 Å². The van der Waals surface area contributed by atoms with E-state index < -0.39 is 0 Å². The molecule has 22 heavy (non-hydrogen) atoms. The molecule has 1 fully saturated rings. The summed E-state index contributed by atoms with van der Waals surface area (Å²) in [6, 6.07) is 0. The van der Waals surface area contributed by atoms with E-state index in [1.807, 2.05) is 13.8 Å². The highest BCUT2D eigenvalue weighted by atomic mass is 16.5. The fourth-order valence-corrected chi connectivity index (χ4v) is 2.71. The number of carbonyl (C=O) groups is 1. The van der Waals surface area contributed by atoms with Crippen LogP contribution in [0.4, 0.5) is 0 Å². The number of carbonyl (C=O) groups excluding carboxylic acids is 1. The zero-order valence-corrected chi connectivity index (χ0v) is 13.6. The van der Waals surface area contributed by atoms with Gasteiger partial charge in [0.15, 0.2) is 0 Å². The maximum atomic E-state index is 11.7. The van der Waals surface area contributed by atoms with Gasteiger partial charge >= 0.3 is 0 Å². The molecule has 2 N–H and O–H groups in total. The molecule has 1 unspecified atom stereocenters. The van der Waals surface area contributed by atoms with Crippen molar-refractivity contribution in [1.82, 2.24) is 15.5 Å².